The Balaban J connectivity index is 2.59. The van der Waals surface area contributed by atoms with Gasteiger partial charge in [-0.25, -0.2) is 0 Å². The van der Waals surface area contributed by atoms with E-state index in [4.69, 9.17) is 5.73 Å². The van der Waals surface area contributed by atoms with E-state index in [2.05, 4.69) is 4.99 Å². The molecule has 0 fully saturated rings. The highest BCUT2D eigenvalue weighted by Gasteiger charge is 2.23. The van der Waals surface area contributed by atoms with Crippen molar-refractivity contribution in [3.8, 4) is 0 Å². The minimum absolute atomic E-state index is 0.203. The molecule has 12 heavy (non-hydrogen) atoms. The van der Waals surface area contributed by atoms with E-state index < -0.39 is 17.8 Å². The van der Waals surface area contributed by atoms with E-state index >= 15 is 0 Å². The molecule has 0 bridgehead atoms. The van der Waals surface area contributed by atoms with Crippen molar-refractivity contribution < 1.29 is 14.7 Å². The van der Waals surface area contributed by atoms with Crippen LogP contribution in [0.2, 0.25) is 0 Å². The number of hydrogen-bond acceptors (Lipinski definition) is 5. The second-order valence-corrected chi connectivity index (χ2v) is 3.41. The van der Waals surface area contributed by atoms with E-state index in [9.17, 15) is 14.7 Å². The largest absolute Gasteiger partial charge is 0.550 e. The Morgan fingerprint density at radius 1 is 1.83 bits per heavy atom. The molecule has 1 amide bonds. The van der Waals surface area contributed by atoms with Gasteiger partial charge in [-0.1, -0.05) is 11.8 Å². The van der Waals surface area contributed by atoms with Crippen molar-refractivity contribution in [1.82, 2.24) is 0 Å². The van der Waals surface area contributed by atoms with Crippen molar-refractivity contribution >= 4 is 28.8 Å². The molecule has 0 aliphatic carbocycles. The summed E-state index contributed by atoms with van der Waals surface area (Å²) in [6, 6.07) is 0. The minimum atomic E-state index is -1.23. The Hall–Kier alpha value is -1.04. The zero-order valence-electron chi connectivity index (χ0n) is 6.15. The lowest BCUT2D eigenvalue weighted by Gasteiger charge is -2.17. The van der Waals surface area contributed by atoms with Gasteiger partial charge in [-0.15, -0.1) is 0 Å². The molecule has 0 aromatic carbocycles. The topological polar surface area (TPSA) is 95.6 Å². The van der Waals surface area contributed by atoms with Crippen LogP contribution in [0.3, 0.4) is 0 Å². The summed E-state index contributed by atoms with van der Waals surface area (Å²) in [6.45, 7) is 0. The van der Waals surface area contributed by atoms with Gasteiger partial charge in [0.05, 0.1) is 5.92 Å². The highest BCUT2D eigenvalue weighted by atomic mass is 32.2. The third kappa shape index (κ3) is 2.23. The normalized spacial score (nSPS) is 23.5. The maximum atomic E-state index is 11.0. The molecule has 5 nitrogen and oxygen atoms in total. The number of carbonyl (C=O) groups excluding carboxylic acids is 2. The molecule has 0 aromatic rings. The number of thioether (sulfide) groups is 1. The number of carbonyl (C=O) groups is 2. The Labute approximate surface area is 73.0 Å². The minimum Gasteiger partial charge on any atom is -0.550 e. The number of hydrogen-bond donors (Lipinski definition) is 1. The van der Waals surface area contributed by atoms with Crippen molar-refractivity contribution in [2.45, 2.75) is 6.42 Å². The van der Waals surface area contributed by atoms with Crippen LogP contribution in [0.25, 0.3) is 0 Å². The van der Waals surface area contributed by atoms with Crippen LogP contribution < -0.4 is 10.8 Å². The highest BCUT2D eigenvalue weighted by Crippen LogP contribution is 2.18. The summed E-state index contributed by atoms with van der Waals surface area (Å²) < 4.78 is 0. The Morgan fingerprint density at radius 3 is 3.00 bits per heavy atom. The maximum Gasteiger partial charge on any atom is 0.252 e. The average molecular weight is 187 g/mol. The fourth-order valence-corrected chi connectivity index (χ4v) is 1.62. The van der Waals surface area contributed by atoms with Crippen LogP contribution in [0.15, 0.2) is 4.99 Å². The summed E-state index contributed by atoms with van der Waals surface area (Å²) >= 11 is 1.19. The number of nitrogens with two attached hydrogens (primary N) is 1. The quantitative estimate of drug-likeness (QED) is 0.557. The summed E-state index contributed by atoms with van der Waals surface area (Å²) in [5.41, 5.74) is 5.25. The van der Waals surface area contributed by atoms with Crippen molar-refractivity contribution in [3.63, 3.8) is 0 Å². The molecule has 1 aliphatic heterocycles. The Kier molecular flexibility index (Phi) is 2.69. The first-order valence-corrected chi connectivity index (χ1v) is 4.29. The van der Waals surface area contributed by atoms with Crippen LogP contribution in [-0.4, -0.2) is 22.8 Å². The first-order valence-electron chi connectivity index (χ1n) is 3.30. The van der Waals surface area contributed by atoms with E-state index in [-0.39, 0.29) is 11.6 Å². The Morgan fingerprint density at radius 2 is 2.50 bits per heavy atom. The van der Waals surface area contributed by atoms with Crippen LogP contribution >= 0.6 is 11.8 Å². The molecule has 1 aliphatic rings. The number of nitrogens with zero attached hydrogens (tertiary/aromatic N) is 1. The molecule has 0 spiro atoms. The summed E-state index contributed by atoms with van der Waals surface area (Å²) in [5.74, 6) is -1.89. The summed E-state index contributed by atoms with van der Waals surface area (Å²) in [4.78, 5) is 24.6. The van der Waals surface area contributed by atoms with E-state index in [0.717, 1.165) is 0 Å². The van der Waals surface area contributed by atoms with Crippen molar-refractivity contribution in [2.24, 2.45) is 16.6 Å². The lowest BCUT2D eigenvalue weighted by atomic mass is 10.1. The monoisotopic (exact) mass is 187 g/mol. The van der Waals surface area contributed by atoms with Gasteiger partial charge in [-0.3, -0.25) is 4.79 Å². The molecule has 0 saturated carbocycles. The van der Waals surface area contributed by atoms with Gasteiger partial charge in [0.1, 0.15) is 0 Å². The zero-order chi connectivity index (χ0) is 9.14. The maximum absolute atomic E-state index is 11.0. The molecule has 2 N–H and O–H groups in total. The van der Waals surface area contributed by atoms with Gasteiger partial charge in [-0.05, 0) is 6.42 Å². The molecular formula is C6H7N2O3S-. The fraction of sp³-hybridized carbons (Fsp3) is 0.500. The predicted molar refractivity (Wildman–Crippen MR) is 42.2 cm³/mol. The molecule has 0 radical (unpaired) electrons. The standard InChI is InChI=1S/C6H8N2O3S/c7-6-8-5(11)3(2-12-6)1-4(9)10/h3H,1-2H2,(H,9,10)(H2,7,8,11)/p-1/t3-/m0/s1. The Bertz CT molecular complexity index is 251. The van der Waals surface area contributed by atoms with Crippen LogP contribution in [0.5, 0.6) is 0 Å². The highest BCUT2D eigenvalue weighted by molar-refractivity contribution is 8.13. The number of amidine groups is 1. The third-order valence-electron chi connectivity index (χ3n) is 1.42. The molecule has 0 unspecified atom stereocenters. The molecule has 0 aromatic heterocycles. The first kappa shape index (κ1) is 9.05. The lowest BCUT2D eigenvalue weighted by Crippen LogP contribution is -2.32. The summed E-state index contributed by atoms with van der Waals surface area (Å²) in [5, 5.41) is 10.3. The fourth-order valence-electron chi connectivity index (χ4n) is 0.837. The van der Waals surface area contributed by atoms with E-state index in [1.165, 1.54) is 11.8 Å². The smallest absolute Gasteiger partial charge is 0.252 e. The van der Waals surface area contributed by atoms with Gasteiger partial charge >= 0.3 is 0 Å². The molecule has 0 saturated heterocycles. The van der Waals surface area contributed by atoms with Crippen LogP contribution in [0.4, 0.5) is 0 Å². The summed E-state index contributed by atoms with van der Waals surface area (Å²) in [6.07, 6.45) is -0.275. The van der Waals surface area contributed by atoms with Crippen LogP contribution in [0.1, 0.15) is 6.42 Å². The number of carboxylic acid groups (broad SMARTS) is 1. The molecule has 1 heterocycles. The van der Waals surface area contributed by atoms with Gasteiger partial charge in [0.25, 0.3) is 5.91 Å². The van der Waals surface area contributed by atoms with Crippen molar-refractivity contribution in [2.75, 3.05) is 5.75 Å². The van der Waals surface area contributed by atoms with Gasteiger partial charge in [0, 0.05) is 11.7 Å². The molecule has 1 atom stereocenters. The SMILES string of the molecule is NC1=NC(=O)[C@@H](CC(=O)[O-])CS1. The predicted octanol–water partition coefficient (Wildman–Crippen LogP) is -1.67. The molecular weight excluding hydrogens is 180 g/mol. The lowest BCUT2D eigenvalue weighted by molar-refractivity contribution is -0.306. The number of aliphatic carboxylic acids is 1. The van der Waals surface area contributed by atoms with E-state index in [1.54, 1.807) is 0 Å². The van der Waals surface area contributed by atoms with Crippen LogP contribution in [-0.2, 0) is 9.59 Å². The van der Waals surface area contributed by atoms with E-state index in [1.807, 2.05) is 0 Å². The second-order valence-electron chi connectivity index (χ2n) is 2.37. The van der Waals surface area contributed by atoms with E-state index in [0.29, 0.717) is 5.75 Å². The van der Waals surface area contributed by atoms with Gasteiger partial charge in [0.2, 0.25) is 0 Å². The zero-order valence-corrected chi connectivity index (χ0v) is 6.97. The van der Waals surface area contributed by atoms with Crippen molar-refractivity contribution in [3.05, 3.63) is 0 Å². The number of aliphatic imine (C=N–C) groups is 1. The van der Waals surface area contributed by atoms with Crippen LogP contribution in [0, 0.1) is 5.92 Å². The number of carboxylic acids is 1. The van der Waals surface area contributed by atoms with Gasteiger partial charge in [0.15, 0.2) is 5.17 Å². The molecule has 66 valence electrons. The number of amides is 1. The third-order valence-corrected chi connectivity index (χ3v) is 2.37. The average Bonchev–Trinajstić information content (AvgIpc) is 1.94. The van der Waals surface area contributed by atoms with Gasteiger partial charge in [-0.2, -0.15) is 4.99 Å². The first-order chi connectivity index (χ1) is 5.59. The number of rotatable bonds is 2. The van der Waals surface area contributed by atoms with Crippen molar-refractivity contribution in [1.29, 1.82) is 0 Å². The van der Waals surface area contributed by atoms with Gasteiger partial charge < -0.3 is 15.6 Å². The molecule has 1 rings (SSSR count). The second kappa shape index (κ2) is 3.57. The molecule has 6 heteroatoms. The summed E-state index contributed by atoms with van der Waals surface area (Å²) in [7, 11) is 0.